The number of benzene rings is 1. The van der Waals surface area contributed by atoms with Gasteiger partial charge < -0.3 is 5.73 Å². The maximum absolute atomic E-state index is 6.21. The second-order valence-electron chi connectivity index (χ2n) is 4.71. The molecule has 96 valence electrons. The zero-order valence-electron chi connectivity index (χ0n) is 11.0. The van der Waals surface area contributed by atoms with Crippen LogP contribution in [0, 0.1) is 0 Å². The zero-order valence-corrected chi connectivity index (χ0v) is 11.8. The van der Waals surface area contributed by atoms with Crippen molar-refractivity contribution in [3.05, 3.63) is 52.0 Å². The number of hydrogen-bond acceptors (Lipinski definition) is 3. The van der Waals surface area contributed by atoms with Gasteiger partial charge in [0.2, 0.25) is 0 Å². The molecule has 0 bridgehead atoms. The van der Waals surface area contributed by atoms with Crippen molar-refractivity contribution in [2.24, 2.45) is 5.73 Å². The normalized spacial score (nSPS) is 14.4. The Morgan fingerprint density at radius 1 is 1.28 bits per heavy atom. The summed E-state index contributed by atoms with van der Waals surface area (Å²) in [5, 5.41) is 3.37. The quantitative estimate of drug-likeness (QED) is 0.885. The first-order valence-electron chi connectivity index (χ1n) is 6.45. The summed E-state index contributed by atoms with van der Waals surface area (Å²) < 4.78 is 0. The predicted molar refractivity (Wildman–Crippen MR) is 77.9 cm³/mol. The fraction of sp³-hybridized carbons (Fsp3) is 0.400. The Morgan fingerprint density at radius 3 is 2.67 bits per heavy atom. The molecule has 0 amide bonds. The Bertz CT molecular complexity index is 478. The molecule has 18 heavy (non-hydrogen) atoms. The third kappa shape index (κ3) is 3.18. The highest BCUT2D eigenvalue weighted by atomic mass is 32.1. The van der Waals surface area contributed by atoms with Gasteiger partial charge in [0.15, 0.2) is 0 Å². The number of nitrogens with zero attached hydrogens (tertiary/aromatic N) is 1. The molecule has 2 N–H and O–H groups in total. The molecule has 2 unspecified atom stereocenters. The molecule has 1 aromatic heterocycles. The first kappa shape index (κ1) is 13.2. The van der Waals surface area contributed by atoms with Crippen LogP contribution in [0.2, 0.25) is 0 Å². The topological polar surface area (TPSA) is 38.9 Å². The summed E-state index contributed by atoms with van der Waals surface area (Å²) in [5.74, 6) is 0.552. The van der Waals surface area contributed by atoms with Crippen LogP contribution >= 0.6 is 11.3 Å². The average molecular weight is 260 g/mol. The Morgan fingerprint density at radius 2 is 2.00 bits per heavy atom. The number of nitrogens with two attached hydrogens (primary N) is 1. The molecule has 2 nitrogen and oxygen atoms in total. The Balaban J connectivity index is 2.03. The monoisotopic (exact) mass is 260 g/mol. The summed E-state index contributed by atoms with van der Waals surface area (Å²) in [4.78, 5) is 4.69. The molecular formula is C15H20N2S. The largest absolute Gasteiger partial charge is 0.324 e. The maximum Gasteiger partial charge on any atom is 0.0956 e. The van der Waals surface area contributed by atoms with E-state index in [1.54, 1.807) is 11.3 Å². The first-order chi connectivity index (χ1) is 8.70. The van der Waals surface area contributed by atoms with E-state index >= 15 is 0 Å². The number of rotatable bonds is 5. The third-order valence-electron chi connectivity index (χ3n) is 3.26. The van der Waals surface area contributed by atoms with Crippen molar-refractivity contribution >= 4 is 11.3 Å². The van der Waals surface area contributed by atoms with Gasteiger partial charge in [0, 0.05) is 23.8 Å². The van der Waals surface area contributed by atoms with Gasteiger partial charge in [-0.25, -0.2) is 4.98 Å². The van der Waals surface area contributed by atoms with E-state index in [9.17, 15) is 0 Å². The molecule has 2 rings (SSSR count). The second-order valence-corrected chi connectivity index (χ2v) is 5.60. The van der Waals surface area contributed by atoms with Crippen LogP contribution in [0.1, 0.15) is 48.5 Å². The molecule has 2 aromatic rings. The highest BCUT2D eigenvalue weighted by Crippen LogP contribution is 2.24. The molecule has 0 fully saturated rings. The van der Waals surface area contributed by atoms with Crippen LogP contribution < -0.4 is 5.73 Å². The van der Waals surface area contributed by atoms with Crippen LogP contribution in [-0.4, -0.2) is 4.98 Å². The van der Waals surface area contributed by atoms with Gasteiger partial charge in [0.1, 0.15) is 0 Å². The molecule has 0 aliphatic carbocycles. The molecule has 0 saturated heterocycles. The van der Waals surface area contributed by atoms with Crippen LogP contribution in [0.5, 0.6) is 0 Å². The van der Waals surface area contributed by atoms with Gasteiger partial charge in [0.25, 0.3) is 0 Å². The number of aromatic nitrogens is 1. The molecule has 0 saturated carbocycles. The van der Waals surface area contributed by atoms with Crippen molar-refractivity contribution in [1.29, 1.82) is 0 Å². The van der Waals surface area contributed by atoms with E-state index in [1.165, 1.54) is 10.6 Å². The van der Waals surface area contributed by atoms with Crippen molar-refractivity contribution in [3.8, 4) is 0 Å². The molecule has 1 aromatic carbocycles. The lowest BCUT2D eigenvalue weighted by atomic mass is 10.0. The molecular weight excluding hydrogens is 240 g/mol. The summed E-state index contributed by atoms with van der Waals surface area (Å²) >= 11 is 1.75. The summed E-state index contributed by atoms with van der Waals surface area (Å²) in [5.41, 5.74) is 8.50. The molecule has 2 atom stereocenters. The molecule has 0 aliphatic heterocycles. The summed E-state index contributed by atoms with van der Waals surface area (Å²) in [6.07, 6.45) is 1.95. The van der Waals surface area contributed by atoms with E-state index in [0.29, 0.717) is 5.92 Å². The summed E-state index contributed by atoms with van der Waals surface area (Å²) in [6.45, 7) is 4.42. The van der Waals surface area contributed by atoms with Crippen LogP contribution in [0.15, 0.2) is 35.7 Å². The smallest absolute Gasteiger partial charge is 0.0956 e. The SMILES string of the molecule is CCC(C)c1nc(CC(N)c2ccccc2)cs1. The van der Waals surface area contributed by atoms with E-state index in [1.807, 2.05) is 18.2 Å². The van der Waals surface area contributed by atoms with E-state index in [4.69, 9.17) is 5.73 Å². The van der Waals surface area contributed by atoms with Crippen molar-refractivity contribution < 1.29 is 0 Å². The fourth-order valence-corrected chi connectivity index (χ4v) is 2.84. The maximum atomic E-state index is 6.21. The molecule has 0 spiro atoms. The molecule has 3 heteroatoms. The Kier molecular flexibility index (Phi) is 4.50. The van der Waals surface area contributed by atoms with Gasteiger partial charge in [0.05, 0.1) is 10.7 Å². The van der Waals surface area contributed by atoms with Crippen molar-refractivity contribution in [1.82, 2.24) is 4.98 Å². The van der Waals surface area contributed by atoms with Gasteiger partial charge in [-0.2, -0.15) is 0 Å². The van der Waals surface area contributed by atoms with Crippen LogP contribution in [-0.2, 0) is 6.42 Å². The van der Waals surface area contributed by atoms with Crippen molar-refractivity contribution in [3.63, 3.8) is 0 Å². The van der Waals surface area contributed by atoms with E-state index < -0.39 is 0 Å². The highest BCUT2D eigenvalue weighted by molar-refractivity contribution is 7.09. The molecule has 0 aliphatic rings. The first-order valence-corrected chi connectivity index (χ1v) is 7.33. The Labute approximate surface area is 113 Å². The van der Waals surface area contributed by atoms with E-state index in [0.717, 1.165) is 18.5 Å². The van der Waals surface area contributed by atoms with Crippen molar-refractivity contribution in [2.75, 3.05) is 0 Å². The van der Waals surface area contributed by atoms with Crippen LogP contribution in [0.4, 0.5) is 0 Å². The average Bonchev–Trinajstić information content (AvgIpc) is 2.87. The van der Waals surface area contributed by atoms with E-state index in [2.05, 4.69) is 36.3 Å². The van der Waals surface area contributed by atoms with Gasteiger partial charge >= 0.3 is 0 Å². The number of thiazole rings is 1. The number of hydrogen-bond donors (Lipinski definition) is 1. The second kappa shape index (κ2) is 6.12. The minimum Gasteiger partial charge on any atom is -0.324 e. The van der Waals surface area contributed by atoms with Crippen LogP contribution in [0.25, 0.3) is 0 Å². The van der Waals surface area contributed by atoms with Gasteiger partial charge in [-0.05, 0) is 12.0 Å². The van der Waals surface area contributed by atoms with E-state index in [-0.39, 0.29) is 6.04 Å². The van der Waals surface area contributed by atoms with Gasteiger partial charge in [-0.15, -0.1) is 11.3 Å². The third-order valence-corrected chi connectivity index (χ3v) is 4.39. The standard InChI is InChI=1S/C15H20N2S/c1-3-11(2)15-17-13(10-18-15)9-14(16)12-7-5-4-6-8-12/h4-8,10-11,14H,3,9,16H2,1-2H3. The predicted octanol–water partition coefficient (Wildman–Crippen LogP) is 3.90. The lowest BCUT2D eigenvalue weighted by Gasteiger charge is -2.10. The molecule has 0 radical (unpaired) electrons. The fourth-order valence-electron chi connectivity index (χ4n) is 1.86. The lowest BCUT2D eigenvalue weighted by Crippen LogP contribution is -2.13. The minimum atomic E-state index is 0.0399. The summed E-state index contributed by atoms with van der Waals surface area (Å²) in [7, 11) is 0. The van der Waals surface area contributed by atoms with Gasteiger partial charge in [-0.1, -0.05) is 44.2 Å². The highest BCUT2D eigenvalue weighted by Gasteiger charge is 2.12. The minimum absolute atomic E-state index is 0.0399. The summed E-state index contributed by atoms with van der Waals surface area (Å²) in [6, 6.07) is 10.3. The zero-order chi connectivity index (χ0) is 13.0. The lowest BCUT2D eigenvalue weighted by molar-refractivity contribution is 0.690. The molecule has 1 heterocycles. The Hall–Kier alpha value is -1.19. The van der Waals surface area contributed by atoms with Crippen LogP contribution in [0.3, 0.4) is 0 Å². The van der Waals surface area contributed by atoms with Gasteiger partial charge in [-0.3, -0.25) is 0 Å². The van der Waals surface area contributed by atoms with Crippen molar-refractivity contribution in [2.45, 2.75) is 38.6 Å².